The summed E-state index contributed by atoms with van der Waals surface area (Å²) in [6.45, 7) is 0. The van der Waals surface area contributed by atoms with Crippen molar-refractivity contribution in [2.75, 3.05) is 0 Å². The van der Waals surface area contributed by atoms with Crippen molar-refractivity contribution in [2.24, 2.45) is 0 Å². The summed E-state index contributed by atoms with van der Waals surface area (Å²) in [5.74, 6) is 0. The van der Waals surface area contributed by atoms with Crippen LogP contribution in [0, 0.1) is 0 Å². The second kappa shape index (κ2) is 10.6. The van der Waals surface area contributed by atoms with E-state index in [1.54, 1.807) is 0 Å². The maximum absolute atomic E-state index is 6.63. The summed E-state index contributed by atoms with van der Waals surface area (Å²) in [4.78, 5) is 0. The minimum atomic E-state index is 0.886. The van der Waals surface area contributed by atoms with Crippen LogP contribution in [0.4, 0.5) is 0 Å². The highest BCUT2D eigenvalue weighted by molar-refractivity contribution is 6.24. The summed E-state index contributed by atoms with van der Waals surface area (Å²) in [5.41, 5.74) is 9.93. The van der Waals surface area contributed by atoms with E-state index in [0.717, 1.165) is 38.7 Å². The summed E-state index contributed by atoms with van der Waals surface area (Å²) in [6, 6.07) is 60.9. The summed E-state index contributed by atoms with van der Waals surface area (Å²) < 4.78 is 9.03. The molecule has 10 aromatic rings. The molecule has 0 aliphatic carbocycles. The van der Waals surface area contributed by atoms with Gasteiger partial charge in [0.05, 0.1) is 11.0 Å². The normalized spacial score (nSPS) is 12.3. The lowest BCUT2D eigenvalue weighted by atomic mass is 9.94. The minimum absolute atomic E-state index is 0.886. The van der Waals surface area contributed by atoms with E-state index in [1.165, 1.54) is 54.5 Å². The predicted octanol–water partition coefficient (Wildman–Crippen LogP) is 12.6. The van der Waals surface area contributed by atoms with E-state index in [9.17, 15) is 0 Å². The third kappa shape index (κ3) is 4.20. The van der Waals surface area contributed by atoms with E-state index in [1.807, 2.05) is 0 Å². The summed E-state index contributed by atoms with van der Waals surface area (Å²) >= 11 is 0. The lowest BCUT2D eigenvalue weighted by Crippen LogP contribution is -1.93. The van der Waals surface area contributed by atoms with E-state index >= 15 is 0 Å². The molecule has 0 fully saturated rings. The van der Waals surface area contributed by atoms with Crippen LogP contribution in [0.25, 0.3) is 82.6 Å². The molecule has 2 heteroatoms. The van der Waals surface area contributed by atoms with Crippen molar-refractivity contribution >= 4 is 76.9 Å². The molecule has 0 spiro atoms. The molecule has 0 radical (unpaired) electrons. The molecule has 0 aliphatic rings. The van der Waals surface area contributed by atoms with Gasteiger partial charge in [0.15, 0.2) is 0 Å². The lowest BCUT2D eigenvalue weighted by molar-refractivity contribution is 0.669. The Balaban J connectivity index is 1.26. The van der Waals surface area contributed by atoms with Crippen molar-refractivity contribution in [3.05, 3.63) is 187 Å². The molecule has 0 atom stereocenters. The van der Waals surface area contributed by atoms with Crippen LogP contribution in [0.2, 0.25) is 0 Å². The predicted molar refractivity (Wildman–Crippen MR) is 203 cm³/mol. The zero-order valence-corrected chi connectivity index (χ0v) is 26.1. The molecular weight excluding hydrogens is 583 g/mol. The van der Waals surface area contributed by atoms with Gasteiger partial charge < -0.3 is 8.98 Å². The van der Waals surface area contributed by atoms with Gasteiger partial charge in [0, 0.05) is 33.3 Å². The Morgan fingerprint density at radius 3 is 2.00 bits per heavy atom. The van der Waals surface area contributed by atoms with Crippen LogP contribution < -0.4 is 0 Å². The average molecular weight is 612 g/mol. The molecule has 224 valence electrons. The molecule has 2 aromatic heterocycles. The smallest absolute Gasteiger partial charge is 0.137 e. The average Bonchev–Trinajstić information content (AvgIpc) is 3.68. The number of benzene rings is 8. The maximum Gasteiger partial charge on any atom is 0.137 e. The molecule has 10 rings (SSSR count). The molecule has 0 N–H and O–H groups in total. The molecule has 0 bridgehead atoms. The van der Waals surface area contributed by atoms with Gasteiger partial charge in [-0.15, -0.1) is 0 Å². The van der Waals surface area contributed by atoms with Gasteiger partial charge in [-0.1, -0.05) is 127 Å². The second-order valence-corrected chi connectivity index (χ2v) is 12.6. The van der Waals surface area contributed by atoms with Crippen LogP contribution in [-0.2, 0) is 0 Å². The Bertz CT molecular complexity index is 2870. The van der Waals surface area contributed by atoms with Gasteiger partial charge in [0.2, 0.25) is 0 Å². The van der Waals surface area contributed by atoms with Crippen LogP contribution >= 0.6 is 0 Å². The molecule has 0 saturated heterocycles. The quantitative estimate of drug-likeness (QED) is 0.181. The van der Waals surface area contributed by atoms with Gasteiger partial charge in [0.1, 0.15) is 11.2 Å². The van der Waals surface area contributed by atoms with Crippen molar-refractivity contribution in [1.82, 2.24) is 4.57 Å². The standard InChI is InChI=1S/C46H29NO/c1-3-11-30(12-4-1)25-38(32-14-5-2-6-15-32)35-21-24-44-39(27-35)40-28-41-43(29-45(40)48-44)47(36-22-19-31-13-7-8-17-34(31)26-36)42-23-20-33-16-9-10-18-37(33)46(41)42/h1-29H/b38-25-. The fraction of sp³-hybridized carbons (Fsp3) is 0. The first kappa shape index (κ1) is 26.8. The fourth-order valence-corrected chi connectivity index (χ4v) is 7.48. The van der Waals surface area contributed by atoms with Gasteiger partial charge in [-0.3, -0.25) is 0 Å². The summed E-state index contributed by atoms with van der Waals surface area (Å²) in [7, 11) is 0. The number of rotatable bonds is 4. The van der Waals surface area contributed by atoms with Gasteiger partial charge in [-0.2, -0.15) is 0 Å². The topological polar surface area (TPSA) is 18.1 Å². The lowest BCUT2D eigenvalue weighted by Gasteiger charge is -2.10. The highest BCUT2D eigenvalue weighted by atomic mass is 16.3. The largest absolute Gasteiger partial charge is 0.456 e. The molecular formula is C46H29NO. The van der Waals surface area contributed by atoms with Gasteiger partial charge >= 0.3 is 0 Å². The number of hydrogen-bond acceptors (Lipinski definition) is 1. The zero-order chi connectivity index (χ0) is 31.6. The first-order chi connectivity index (χ1) is 23.8. The molecule has 0 amide bonds. The van der Waals surface area contributed by atoms with Crippen LogP contribution in [0.3, 0.4) is 0 Å². The van der Waals surface area contributed by atoms with Crippen molar-refractivity contribution in [1.29, 1.82) is 0 Å². The minimum Gasteiger partial charge on any atom is -0.456 e. The Kier molecular flexibility index (Phi) is 5.91. The van der Waals surface area contributed by atoms with E-state index in [4.69, 9.17) is 4.42 Å². The first-order valence-electron chi connectivity index (χ1n) is 16.4. The summed E-state index contributed by atoms with van der Waals surface area (Å²) in [6.07, 6.45) is 2.28. The Hall–Kier alpha value is -6.38. The Morgan fingerprint density at radius 1 is 0.438 bits per heavy atom. The van der Waals surface area contributed by atoms with Crippen LogP contribution in [0.5, 0.6) is 0 Å². The molecule has 8 aromatic carbocycles. The van der Waals surface area contributed by atoms with Gasteiger partial charge in [-0.05, 0) is 86.3 Å². The third-order valence-electron chi connectivity index (χ3n) is 9.74. The van der Waals surface area contributed by atoms with Gasteiger partial charge in [-0.25, -0.2) is 0 Å². The van der Waals surface area contributed by atoms with Crippen molar-refractivity contribution < 1.29 is 4.42 Å². The number of fused-ring (bicyclic) bond motifs is 9. The van der Waals surface area contributed by atoms with E-state index in [2.05, 4.69) is 181 Å². The number of hydrogen-bond donors (Lipinski definition) is 0. The molecule has 0 unspecified atom stereocenters. The van der Waals surface area contributed by atoms with E-state index in [-0.39, 0.29) is 0 Å². The van der Waals surface area contributed by atoms with E-state index < -0.39 is 0 Å². The molecule has 0 aliphatic heterocycles. The zero-order valence-electron chi connectivity index (χ0n) is 26.1. The van der Waals surface area contributed by atoms with Crippen LogP contribution in [-0.4, -0.2) is 4.57 Å². The van der Waals surface area contributed by atoms with Crippen LogP contribution in [0.15, 0.2) is 174 Å². The first-order valence-corrected chi connectivity index (χ1v) is 16.4. The number of furan rings is 1. The van der Waals surface area contributed by atoms with Crippen molar-refractivity contribution in [3.63, 3.8) is 0 Å². The number of nitrogens with zero attached hydrogens (tertiary/aromatic N) is 1. The molecule has 2 nitrogen and oxygen atoms in total. The Labute approximate surface area is 277 Å². The fourth-order valence-electron chi connectivity index (χ4n) is 7.48. The number of aromatic nitrogens is 1. The highest BCUT2D eigenvalue weighted by Gasteiger charge is 2.19. The Morgan fingerprint density at radius 2 is 1.15 bits per heavy atom. The SMILES string of the molecule is C(=C(\c1ccccc1)c1ccc2oc3cc4c(cc3c2c1)c1c2ccccc2ccc1n4-c1ccc2ccccc2c1)/c1ccccc1. The third-order valence-corrected chi connectivity index (χ3v) is 9.74. The van der Waals surface area contributed by atoms with Crippen LogP contribution in [0.1, 0.15) is 16.7 Å². The van der Waals surface area contributed by atoms with Crippen molar-refractivity contribution in [2.45, 2.75) is 0 Å². The summed E-state index contributed by atoms with van der Waals surface area (Å²) in [5, 5.41) is 9.67. The monoisotopic (exact) mass is 611 g/mol. The maximum atomic E-state index is 6.63. The highest BCUT2D eigenvalue weighted by Crippen LogP contribution is 2.42. The van der Waals surface area contributed by atoms with Gasteiger partial charge in [0.25, 0.3) is 0 Å². The second-order valence-electron chi connectivity index (χ2n) is 12.6. The molecule has 2 heterocycles. The molecule has 48 heavy (non-hydrogen) atoms. The van der Waals surface area contributed by atoms with Crippen molar-refractivity contribution in [3.8, 4) is 5.69 Å². The molecule has 0 saturated carbocycles. The van der Waals surface area contributed by atoms with E-state index in [0.29, 0.717) is 0 Å².